The average Bonchev–Trinajstić information content (AvgIpc) is 2.98. The van der Waals surface area contributed by atoms with Crippen molar-refractivity contribution in [3.05, 3.63) is 0 Å². The largest absolute Gasteiger partial charge is 0.330 e. The Kier molecular flexibility index (Phi) is 5.07. The molecule has 1 aliphatic carbocycles. The van der Waals surface area contributed by atoms with Gasteiger partial charge in [0.15, 0.2) is 0 Å². The smallest absolute Gasteiger partial charge is 0.00447 e. The fraction of sp³-hybridized carbons (Fsp3) is 1.00. The van der Waals surface area contributed by atoms with Gasteiger partial charge in [0.1, 0.15) is 0 Å². The van der Waals surface area contributed by atoms with E-state index < -0.39 is 0 Å². The summed E-state index contributed by atoms with van der Waals surface area (Å²) in [5.74, 6) is 1.05. The van der Waals surface area contributed by atoms with E-state index in [-0.39, 0.29) is 5.41 Å². The summed E-state index contributed by atoms with van der Waals surface area (Å²) in [5.41, 5.74) is 6.07. The van der Waals surface area contributed by atoms with Crippen molar-refractivity contribution in [2.24, 2.45) is 17.1 Å². The van der Waals surface area contributed by atoms with Gasteiger partial charge in [0.2, 0.25) is 0 Å². The zero-order chi connectivity index (χ0) is 11.3. The Balaban J connectivity index is 2.27. The molecular weight excluding hydrogens is 184 g/mol. The molecule has 90 valence electrons. The van der Waals surface area contributed by atoms with Crippen molar-refractivity contribution in [2.75, 3.05) is 26.2 Å². The molecule has 0 radical (unpaired) electrons. The van der Waals surface area contributed by atoms with Gasteiger partial charge in [0.05, 0.1) is 0 Å². The first-order valence-corrected chi connectivity index (χ1v) is 6.50. The summed E-state index contributed by atoms with van der Waals surface area (Å²) < 4.78 is 0. The number of nitrogens with two attached hydrogens (primary N) is 1. The molecule has 0 heterocycles. The molecule has 0 spiro atoms. The van der Waals surface area contributed by atoms with E-state index in [0.29, 0.717) is 0 Å². The van der Waals surface area contributed by atoms with Gasteiger partial charge in [-0.2, -0.15) is 0 Å². The minimum Gasteiger partial charge on any atom is -0.330 e. The van der Waals surface area contributed by atoms with Crippen LogP contribution < -0.4 is 5.73 Å². The first-order chi connectivity index (χ1) is 7.07. The van der Waals surface area contributed by atoms with E-state index in [2.05, 4.69) is 25.7 Å². The van der Waals surface area contributed by atoms with Crippen LogP contribution in [0.3, 0.4) is 0 Å². The standard InChI is InChI=1S/C13H28N2/c1-4-8-15(9-7-12-5-6-12)11-13(2,3)10-14/h12H,4-11,14H2,1-3H3. The molecule has 15 heavy (non-hydrogen) atoms. The van der Waals surface area contributed by atoms with Gasteiger partial charge in [-0.15, -0.1) is 0 Å². The Morgan fingerprint density at radius 2 is 1.93 bits per heavy atom. The zero-order valence-corrected chi connectivity index (χ0v) is 10.8. The van der Waals surface area contributed by atoms with E-state index in [1.165, 1.54) is 38.8 Å². The van der Waals surface area contributed by atoms with E-state index in [1.54, 1.807) is 0 Å². The first kappa shape index (κ1) is 13.0. The van der Waals surface area contributed by atoms with Crippen molar-refractivity contribution in [3.8, 4) is 0 Å². The van der Waals surface area contributed by atoms with Crippen LogP contribution >= 0.6 is 0 Å². The van der Waals surface area contributed by atoms with Crippen LogP contribution in [0.4, 0.5) is 0 Å². The van der Waals surface area contributed by atoms with Crippen LogP contribution in [0.25, 0.3) is 0 Å². The minimum absolute atomic E-state index is 0.277. The molecule has 0 amide bonds. The first-order valence-electron chi connectivity index (χ1n) is 6.50. The summed E-state index contributed by atoms with van der Waals surface area (Å²) in [6.45, 7) is 11.3. The van der Waals surface area contributed by atoms with Crippen LogP contribution in [0.1, 0.15) is 46.5 Å². The van der Waals surface area contributed by atoms with Crippen molar-refractivity contribution in [2.45, 2.75) is 46.5 Å². The van der Waals surface area contributed by atoms with Crippen molar-refractivity contribution in [1.82, 2.24) is 4.90 Å². The van der Waals surface area contributed by atoms with Gasteiger partial charge in [0, 0.05) is 6.54 Å². The van der Waals surface area contributed by atoms with E-state index in [9.17, 15) is 0 Å². The van der Waals surface area contributed by atoms with Crippen LogP contribution in [0.2, 0.25) is 0 Å². The highest BCUT2D eigenvalue weighted by atomic mass is 15.1. The van der Waals surface area contributed by atoms with E-state index in [1.807, 2.05) is 0 Å². The van der Waals surface area contributed by atoms with Crippen LogP contribution in [0.5, 0.6) is 0 Å². The molecule has 2 heteroatoms. The summed E-state index contributed by atoms with van der Waals surface area (Å²) in [7, 11) is 0. The lowest BCUT2D eigenvalue weighted by Gasteiger charge is -2.31. The summed E-state index contributed by atoms with van der Waals surface area (Å²) in [6, 6.07) is 0. The van der Waals surface area contributed by atoms with Crippen molar-refractivity contribution >= 4 is 0 Å². The molecule has 0 saturated heterocycles. The Labute approximate surface area is 95.2 Å². The molecule has 1 saturated carbocycles. The molecule has 1 fully saturated rings. The molecule has 0 unspecified atom stereocenters. The molecule has 0 bridgehead atoms. The van der Waals surface area contributed by atoms with Gasteiger partial charge in [0.25, 0.3) is 0 Å². The topological polar surface area (TPSA) is 29.3 Å². The van der Waals surface area contributed by atoms with Gasteiger partial charge in [-0.05, 0) is 43.8 Å². The second-order valence-electron chi connectivity index (χ2n) is 5.88. The molecule has 1 rings (SSSR count). The summed E-state index contributed by atoms with van der Waals surface area (Å²) in [6.07, 6.45) is 5.60. The predicted molar refractivity (Wildman–Crippen MR) is 66.9 cm³/mol. The fourth-order valence-corrected chi connectivity index (χ4v) is 2.03. The number of hydrogen-bond acceptors (Lipinski definition) is 2. The summed E-state index contributed by atoms with van der Waals surface area (Å²) in [5, 5.41) is 0. The molecule has 0 aliphatic heterocycles. The van der Waals surface area contributed by atoms with E-state index >= 15 is 0 Å². The van der Waals surface area contributed by atoms with Gasteiger partial charge < -0.3 is 10.6 Å². The maximum absolute atomic E-state index is 5.79. The highest BCUT2D eigenvalue weighted by Crippen LogP contribution is 2.32. The summed E-state index contributed by atoms with van der Waals surface area (Å²) in [4.78, 5) is 2.60. The van der Waals surface area contributed by atoms with Gasteiger partial charge in [-0.25, -0.2) is 0 Å². The van der Waals surface area contributed by atoms with Crippen LogP contribution in [0, 0.1) is 11.3 Å². The SMILES string of the molecule is CCCN(CCC1CC1)CC(C)(C)CN. The third kappa shape index (κ3) is 5.53. The molecule has 0 aromatic carbocycles. The van der Waals surface area contributed by atoms with Crippen LogP contribution in [-0.2, 0) is 0 Å². The molecule has 2 N–H and O–H groups in total. The molecule has 0 atom stereocenters. The maximum Gasteiger partial charge on any atom is 0.00447 e. The highest BCUT2D eigenvalue weighted by Gasteiger charge is 2.24. The lowest BCUT2D eigenvalue weighted by Crippen LogP contribution is -2.39. The number of rotatable bonds is 8. The lowest BCUT2D eigenvalue weighted by molar-refractivity contribution is 0.178. The molecule has 1 aliphatic rings. The number of hydrogen-bond donors (Lipinski definition) is 1. The second-order valence-corrected chi connectivity index (χ2v) is 5.88. The fourth-order valence-electron chi connectivity index (χ4n) is 2.03. The predicted octanol–water partition coefficient (Wildman–Crippen LogP) is 2.48. The van der Waals surface area contributed by atoms with Crippen molar-refractivity contribution < 1.29 is 0 Å². The maximum atomic E-state index is 5.79. The zero-order valence-electron chi connectivity index (χ0n) is 10.8. The summed E-state index contributed by atoms with van der Waals surface area (Å²) >= 11 is 0. The normalized spacial score (nSPS) is 17.4. The lowest BCUT2D eigenvalue weighted by atomic mass is 9.93. The van der Waals surface area contributed by atoms with Crippen LogP contribution in [-0.4, -0.2) is 31.1 Å². The Morgan fingerprint density at radius 3 is 2.40 bits per heavy atom. The molecule has 0 aromatic heterocycles. The Bertz CT molecular complexity index is 173. The third-order valence-corrected chi connectivity index (χ3v) is 3.29. The molecular formula is C13H28N2. The van der Waals surface area contributed by atoms with Gasteiger partial charge in [-0.3, -0.25) is 0 Å². The highest BCUT2D eigenvalue weighted by molar-refractivity contribution is 4.78. The third-order valence-electron chi connectivity index (χ3n) is 3.29. The average molecular weight is 212 g/mol. The quantitative estimate of drug-likeness (QED) is 0.670. The van der Waals surface area contributed by atoms with Gasteiger partial charge >= 0.3 is 0 Å². The minimum atomic E-state index is 0.277. The molecule has 2 nitrogen and oxygen atoms in total. The van der Waals surface area contributed by atoms with Crippen molar-refractivity contribution in [1.29, 1.82) is 0 Å². The monoisotopic (exact) mass is 212 g/mol. The van der Waals surface area contributed by atoms with E-state index in [0.717, 1.165) is 19.0 Å². The van der Waals surface area contributed by atoms with Gasteiger partial charge in [-0.1, -0.05) is 33.6 Å². The van der Waals surface area contributed by atoms with Crippen LogP contribution in [0.15, 0.2) is 0 Å². The Morgan fingerprint density at radius 1 is 1.27 bits per heavy atom. The second kappa shape index (κ2) is 5.86. The van der Waals surface area contributed by atoms with Crippen molar-refractivity contribution in [3.63, 3.8) is 0 Å². The number of nitrogens with zero attached hydrogens (tertiary/aromatic N) is 1. The Hall–Kier alpha value is -0.0800. The van der Waals surface area contributed by atoms with E-state index in [4.69, 9.17) is 5.73 Å². The molecule has 0 aromatic rings.